The lowest BCUT2D eigenvalue weighted by atomic mass is 10.0. The van der Waals surface area contributed by atoms with E-state index in [2.05, 4.69) is 26.4 Å². The fraction of sp³-hybridized carbons (Fsp3) is 0.419. The summed E-state index contributed by atoms with van der Waals surface area (Å²) in [7, 11) is 1.38. The van der Waals surface area contributed by atoms with E-state index in [1.54, 1.807) is 18.3 Å². The number of piperidine rings is 1. The molecule has 2 saturated heterocycles. The lowest BCUT2D eigenvalue weighted by Crippen LogP contribution is -2.44. The van der Waals surface area contributed by atoms with Gasteiger partial charge in [0.2, 0.25) is 5.88 Å². The van der Waals surface area contributed by atoms with Gasteiger partial charge in [-0.15, -0.1) is 0 Å². The Balaban J connectivity index is 1.10. The highest BCUT2D eigenvalue weighted by molar-refractivity contribution is 5.93. The van der Waals surface area contributed by atoms with Crippen molar-refractivity contribution in [1.29, 1.82) is 0 Å². The Morgan fingerprint density at radius 1 is 1.12 bits per heavy atom. The van der Waals surface area contributed by atoms with Gasteiger partial charge in [-0.2, -0.15) is 4.98 Å². The molecule has 0 radical (unpaired) electrons. The molecule has 2 aliphatic heterocycles. The van der Waals surface area contributed by atoms with Crippen LogP contribution in [0.15, 0.2) is 48.7 Å². The summed E-state index contributed by atoms with van der Waals surface area (Å²) in [5.41, 5.74) is 2.22. The Bertz CT molecular complexity index is 1610. The molecule has 2 aliphatic rings. The van der Waals surface area contributed by atoms with E-state index in [9.17, 15) is 13.6 Å². The number of imidazole rings is 1. The van der Waals surface area contributed by atoms with Crippen molar-refractivity contribution in [2.45, 2.75) is 64.1 Å². The van der Waals surface area contributed by atoms with Crippen LogP contribution in [0.25, 0.3) is 11.0 Å². The number of halogens is 2. The number of fused-ring (bicyclic) bond motifs is 1. The van der Waals surface area contributed by atoms with Crippen molar-refractivity contribution >= 4 is 17.0 Å². The normalized spacial score (nSPS) is 20.5. The fourth-order valence-corrected chi connectivity index (χ4v) is 5.50. The minimum absolute atomic E-state index is 0.0470. The summed E-state index contributed by atoms with van der Waals surface area (Å²) in [4.78, 5) is 28.1. The quantitative estimate of drug-likeness (QED) is 0.243. The molecule has 0 aliphatic carbocycles. The third-order valence-corrected chi connectivity index (χ3v) is 7.96. The lowest BCUT2D eigenvalue weighted by molar-refractivity contribution is -0.0593. The highest BCUT2D eigenvalue weighted by Crippen LogP contribution is 2.27. The number of esters is 1. The summed E-state index contributed by atoms with van der Waals surface area (Å²) >= 11 is 0. The SMILES string of the molecule is COC(=O)c1ccc2nc(CN3CC[C@H](Oc4ccnc(COc5ccc(F)cc5F)n4)C[C@@H]3C)n(C[C@@H]3CCO3)c2c1. The number of carbonyl (C=O) groups excluding carboxylic acids is 1. The van der Waals surface area contributed by atoms with Gasteiger partial charge in [-0.05, 0) is 56.5 Å². The highest BCUT2D eigenvalue weighted by Gasteiger charge is 2.29. The van der Waals surface area contributed by atoms with Crippen LogP contribution in [0.2, 0.25) is 0 Å². The predicted octanol–water partition coefficient (Wildman–Crippen LogP) is 4.69. The van der Waals surface area contributed by atoms with Gasteiger partial charge in [-0.25, -0.2) is 23.5 Å². The van der Waals surface area contributed by atoms with Crippen molar-refractivity contribution in [2.75, 3.05) is 20.3 Å². The van der Waals surface area contributed by atoms with E-state index in [-0.39, 0.29) is 36.6 Å². The second-order valence-corrected chi connectivity index (χ2v) is 10.9. The van der Waals surface area contributed by atoms with Gasteiger partial charge < -0.3 is 23.5 Å². The zero-order valence-electron chi connectivity index (χ0n) is 24.0. The molecule has 6 rings (SSSR count). The molecule has 4 heterocycles. The lowest BCUT2D eigenvalue weighted by Gasteiger charge is -2.37. The number of likely N-dealkylation sites (tertiary alicyclic amines) is 1. The molecule has 2 aromatic heterocycles. The van der Waals surface area contributed by atoms with Gasteiger partial charge >= 0.3 is 5.97 Å². The molecule has 4 aromatic rings. The van der Waals surface area contributed by atoms with E-state index in [1.807, 2.05) is 12.1 Å². The first-order valence-electron chi connectivity index (χ1n) is 14.4. The molecule has 3 atom stereocenters. The van der Waals surface area contributed by atoms with Crippen molar-refractivity contribution in [3.63, 3.8) is 0 Å². The number of benzene rings is 2. The molecule has 43 heavy (non-hydrogen) atoms. The first-order chi connectivity index (χ1) is 20.9. The van der Waals surface area contributed by atoms with Crippen molar-refractivity contribution < 1.29 is 32.5 Å². The average Bonchev–Trinajstić information content (AvgIpc) is 3.31. The average molecular weight is 594 g/mol. The Hall–Kier alpha value is -4.16. The maximum atomic E-state index is 13.9. The minimum Gasteiger partial charge on any atom is -0.483 e. The predicted molar refractivity (Wildman–Crippen MR) is 152 cm³/mol. The van der Waals surface area contributed by atoms with E-state index < -0.39 is 11.6 Å². The molecule has 0 amide bonds. The number of rotatable bonds is 10. The topological polar surface area (TPSA) is 101 Å². The van der Waals surface area contributed by atoms with Crippen molar-refractivity contribution in [3.8, 4) is 11.6 Å². The summed E-state index contributed by atoms with van der Waals surface area (Å²) in [5.74, 6) is -0.235. The van der Waals surface area contributed by atoms with E-state index in [1.165, 1.54) is 13.2 Å². The van der Waals surface area contributed by atoms with Gasteiger partial charge in [0, 0.05) is 37.5 Å². The van der Waals surface area contributed by atoms with Crippen LogP contribution >= 0.6 is 0 Å². The molecule has 0 unspecified atom stereocenters. The van der Waals surface area contributed by atoms with Gasteiger partial charge in [-0.3, -0.25) is 4.90 Å². The summed E-state index contributed by atoms with van der Waals surface area (Å²) in [6.07, 6.45) is 4.23. The van der Waals surface area contributed by atoms with E-state index in [0.29, 0.717) is 30.4 Å². The number of ether oxygens (including phenoxy) is 4. The van der Waals surface area contributed by atoms with Crippen molar-refractivity contribution in [1.82, 2.24) is 24.4 Å². The number of methoxy groups -OCH3 is 1. The van der Waals surface area contributed by atoms with Crippen molar-refractivity contribution in [3.05, 3.63) is 77.5 Å². The molecule has 0 bridgehead atoms. The number of aromatic nitrogens is 4. The van der Waals surface area contributed by atoms with Crippen LogP contribution in [0, 0.1) is 11.6 Å². The van der Waals surface area contributed by atoms with Crippen LogP contribution in [-0.2, 0) is 29.2 Å². The standard InChI is InChI=1S/C31H33F2N5O5/c1-19-13-22(43-30-7-10-34-28(36-30)18-42-27-6-4-21(32)15-24(27)33)8-11-37(19)17-29-35-25-5-3-20(31(39)40-2)14-26(25)38(29)16-23-9-12-41-23/h3-7,10,14-15,19,22-23H,8-9,11-13,16-18H2,1-2H3/t19-,22-,23-/m0/s1. The van der Waals surface area contributed by atoms with Crippen LogP contribution in [-0.4, -0.2) is 68.9 Å². The summed E-state index contributed by atoms with van der Waals surface area (Å²) in [6.45, 7) is 4.98. The van der Waals surface area contributed by atoms with Gasteiger partial charge in [-0.1, -0.05) is 0 Å². The highest BCUT2D eigenvalue weighted by atomic mass is 19.1. The van der Waals surface area contributed by atoms with Crippen molar-refractivity contribution in [2.24, 2.45) is 0 Å². The molecule has 10 nitrogen and oxygen atoms in total. The molecule has 2 aromatic carbocycles. The first kappa shape index (κ1) is 28.9. The fourth-order valence-electron chi connectivity index (χ4n) is 5.50. The maximum Gasteiger partial charge on any atom is 0.337 e. The van der Waals surface area contributed by atoms with E-state index in [0.717, 1.165) is 61.4 Å². The molecule has 2 fully saturated rings. The van der Waals surface area contributed by atoms with Gasteiger partial charge in [0.1, 0.15) is 24.4 Å². The number of hydrogen-bond donors (Lipinski definition) is 0. The third kappa shape index (κ3) is 6.60. The third-order valence-electron chi connectivity index (χ3n) is 7.96. The first-order valence-corrected chi connectivity index (χ1v) is 14.4. The second kappa shape index (κ2) is 12.6. The molecule has 12 heteroatoms. The molecule has 226 valence electrons. The number of hydrogen-bond acceptors (Lipinski definition) is 9. The van der Waals surface area contributed by atoms with Crippen LogP contribution in [0.1, 0.15) is 48.2 Å². The van der Waals surface area contributed by atoms with Gasteiger partial charge in [0.25, 0.3) is 0 Å². The zero-order valence-corrected chi connectivity index (χ0v) is 24.0. The van der Waals surface area contributed by atoms with E-state index >= 15 is 0 Å². The largest absolute Gasteiger partial charge is 0.483 e. The Morgan fingerprint density at radius 3 is 2.72 bits per heavy atom. The van der Waals surface area contributed by atoms with Crippen LogP contribution < -0.4 is 9.47 Å². The molecular formula is C31H33F2N5O5. The Morgan fingerprint density at radius 2 is 1.98 bits per heavy atom. The van der Waals surface area contributed by atoms with Crippen LogP contribution in [0.5, 0.6) is 11.6 Å². The van der Waals surface area contributed by atoms with E-state index in [4.69, 9.17) is 23.9 Å². The summed E-state index contributed by atoms with van der Waals surface area (Å²) in [5, 5.41) is 0. The Labute approximate surface area is 247 Å². The van der Waals surface area contributed by atoms with Crippen LogP contribution in [0.4, 0.5) is 8.78 Å². The second-order valence-electron chi connectivity index (χ2n) is 10.9. The van der Waals surface area contributed by atoms with Crippen LogP contribution in [0.3, 0.4) is 0 Å². The summed E-state index contributed by atoms with van der Waals surface area (Å²) < 4.78 is 51.5. The zero-order chi connectivity index (χ0) is 29.9. The van der Waals surface area contributed by atoms with Gasteiger partial charge in [0.15, 0.2) is 17.4 Å². The minimum atomic E-state index is -0.786. The summed E-state index contributed by atoms with van der Waals surface area (Å²) in [6, 6.07) is 10.5. The molecule has 0 saturated carbocycles. The number of carbonyl (C=O) groups is 1. The smallest absolute Gasteiger partial charge is 0.337 e. The maximum absolute atomic E-state index is 13.9. The number of nitrogens with zero attached hydrogens (tertiary/aromatic N) is 5. The molecular weight excluding hydrogens is 560 g/mol. The van der Waals surface area contributed by atoms with Gasteiger partial charge in [0.05, 0.1) is 42.9 Å². The molecule has 0 N–H and O–H groups in total. The molecule has 0 spiro atoms. The monoisotopic (exact) mass is 593 g/mol. The Kier molecular flexibility index (Phi) is 8.48.